The maximum absolute atomic E-state index is 4.48. The van der Waals surface area contributed by atoms with E-state index in [9.17, 15) is 0 Å². The minimum absolute atomic E-state index is 0.701. The summed E-state index contributed by atoms with van der Waals surface area (Å²) in [7, 11) is 0. The zero-order valence-corrected chi connectivity index (χ0v) is 11.7. The molecule has 1 fully saturated rings. The van der Waals surface area contributed by atoms with E-state index in [1.54, 1.807) is 0 Å². The van der Waals surface area contributed by atoms with Crippen LogP contribution in [0.15, 0.2) is 35.1 Å². The van der Waals surface area contributed by atoms with Gasteiger partial charge in [0.15, 0.2) is 0 Å². The number of nitrogens with zero attached hydrogens (tertiary/aromatic N) is 2. The van der Waals surface area contributed by atoms with Crippen LogP contribution in [-0.2, 0) is 0 Å². The first-order valence-electron chi connectivity index (χ1n) is 6.07. The summed E-state index contributed by atoms with van der Waals surface area (Å²) in [6.45, 7) is 2.05. The predicted molar refractivity (Wildman–Crippen MR) is 76.2 cm³/mol. The Bertz CT molecular complexity index is 562. The summed E-state index contributed by atoms with van der Waals surface area (Å²) in [5.41, 5.74) is 3.35. The Balaban J connectivity index is 1.76. The summed E-state index contributed by atoms with van der Waals surface area (Å²) in [6.07, 6.45) is 6.26. The number of halogens is 1. The minimum Gasteiger partial charge on any atom is -0.339 e. The minimum atomic E-state index is 0.701. The summed E-state index contributed by atoms with van der Waals surface area (Å²) in [6, 6.07) is 6.18. The Morgan fingerprint density at radius 1 is 1.22 bits per heavy atom. The Morgan fingerprint density at radius 3 is 2.67 bits per heavy atom. The number of anilines is 2. The first kappa shape index (κ1) is 11.7. The van der Waals surface area contributed by atoms with Crippen molar-refractivity contribution in [3.05, 3.63) is 46.3 Å². The largest absolute Gasteiger partial charge is 0.339 e. The molecule has 0 bridgehead atoms. The van der Waals surface area contributed by atoms with Gasteiger partial charge in [-0.2, -0.15) is 0 Å². The highest BCUT2D eigenvalue weighted by atomic mass is 79.9. The van der Waals surface area contributed by atoms with E-state index in [-0.39, 0.29) is 0 Å². The van der Waals surface area contributed by atoms with Crippen LogP contribution in [0.25, 0.3) is 0 Å². The first-order chi connectivity index (χ1) is 8.72. The topological polar surface area (TPSA) is 37.8 Å². The van der Waals surface area contributed by atoms with Gasteiger partial charge in [0.05, 0.1) is 11.9 Å². The average Bonchev–Trinajstić information content (AvgIpc) is 3.19. The fourth-order valence-electron chi connectivity index (χ4n) is 1.86. The lowest BCUT2D eigenvalue weighted by Gasteiger charge is -2.07. The average molecular weight is 304 g/mol. The van der Waals surface area contributed by atoms with Crippen molar-refractivity contribution in [2.24, 2.45) is 0 Å². The molecule has 0 amide bonds. The van der Waals surface area contributed by atoms with Crippen LogP contribution < -0.4 is 5.32 Å². The van der Waals surface area contributed by atoms with Crippen molar-refractivity contribution in [3.8, 4) is 0 Å². The van der Waals surface area contributed by atoms with Gasteiger partial charge in [0.1, 0.15) is 5.82 Å². The Hall–Kier alpha value is -1.42. The number of hydrogen-bond acceptors (Lipinski definition) is 3. The van der Waals surface area contributed by atoms with Crippen molar-refractivity contribution in [2.75, 3.05) is 5.32 Å². The van der Waals surface area contributed by atoms with Crippen molar-refractivity contribution >= 4 is 27.4 Å². The van der Waals surface area contributed by atoms with Gasteiger partial charge >= 0.3 is 0 Å². The van der Waals surface area contributed by atoms with E-state index in [0.29, 0.717) is 5.92 Å². The fourth-order valence-corrected chi connectivity index (χ4v) is 2.07. The molecule has 3 rings (SSSR count). The maximum atomic E-state index is 4.48. The summed E-state index contributed by atoms with van der Waals surface area (Å²) in [5.74, 6) is 1.55. The van der Waals surface area contributed by atoms with Crippen LogP contribution in [-0.4, -0.2) is 9.97 Å². The molecule has 2 aromatic rings. The zero-order chi connectivity index (χ0) is 12.5. The Morgan fingerprint density at radius 2 is 2.06 bits per heavy atom. The molecule has 1 saturated carbocycles. The molecule has 0 spiro atoms. The highest BCUT2D eigenvalue weighted by Gasteiger charge is 2.24. The lowest BCUT2D eigenvalue weighted by Crippen LogP contribution is -1.96. The molecule has 0 aromatic carbocycles. The van der Waals surface area contributed by atoms with Gasteiger partial charge in [-0.1, -0.05) is 0 Å². The third kappa shape index (κ3) is 2.53. The molecule has 0 radical (unpaired) electrons. The highest BCUT2D eigenvalue weighted by Crippen LogP contribution is 2.39. The van der Waals surface area contributed by atoms with Crippen LogP contribution in [0, 0.1) is 6.92 Å². The number of hydrogen-bond donors (Lipinski definition) is 1. The van der Waals surface area contributed by atoms with E-state index >= 15 is 0 Å². The summed E-state index contributed by atoms with van der Waals surface area (Å²) in [5, 5.41) is 3.26. The second-order valence-electron chi connectivity index (χ2n) is 4.69. The van der Waals surface area contributed by atoms with Crippen molar-refractivity contribution in [3.63, 3.8) is 0 Å². The van der Waals surface area contributed by atoms with Crippen LogP contribution in [0.2, 0.25) is 0 Å². The summed E-state index contributed by atoms with van der Waals surface area (Å²) in [4.78, 5) is 8.80. The van der Waals surface area contributed by atoms with E-state index < -0.39 is 0 Å². The molecule has 1 aliphatic rings. The maximum Gasteiger partial charge on any atom is 0.130 e. The second-order valence-corrected chi connectivity index (χ2v) is 5.54. The molecule has 1 aliphatic carbocycles. The van der Waals surface area contributed by atoms with Crippen LogP contribution >= 0.6 is 15.9 Å². The molecule has 1 N–H and O–H groups in total. The molecule has 0 atom stereocenters. The van der Waals surface area contributed by atoms with Crippen LogP contribution in [0.4, 0.5) is 11.5 Å². The molecule has 0 aliphatic heterocycles. The molecular formula is C14H14BrN3. The number of aryl methyl sites for hydroxylation is 1. The van der Waals surface area contributed by atoms with Gasteiger partial charge in [-0.05, 0) is 59.5 Å². The predicted octanol–water partition coefficient (Wildman–Crippen LogP) is 4.17. The fraction of sp³-hybridized carbons (Fsp3) is 0.286. The van der Waals surface area contributed by atoms with E-state index in [1.807, 2.05) is 25.4 Å². The third-order valence-corrected chi connectivity index (χ3v) is 3.93. The van der Waals surface area contributed by atoms with E-state index in [2.05, 4.69) is 43.3 Å². The van der Waals surface area contributed by atoms with Gasteiger partial charge in [0, 0.05) is 22.3 Å². The third-order valence-electron chi connectivity index (χ3n) is 3.10. The van der Waals surface area contributed by atoms with Crippen LogP contribution in [0.1, 0.15) is 30.0 Å². The number of rotatable bonds is 3. The van der Waals surface area contributed by atoms with E-state index in [0.717, 1.165) is 21.5 Å². The van der Waals surface area contributed by atoms with E-state index in [1.165, 1.54) is 18.5 Å². The van der Waals surface area contributed by atoms with Gasteiger partial charge in [-0.25, -0.2) is 4.98 Å². The monoisotopic (exact) mass is 303 g/mol. The summed E-state index contributed by atoms with van der Waals surface area (Å²) >= 11 is 3.44. The summed E-state index contributed by atoms with van der Waals surface area (Å²) < 4.78 is 1.02. The van der Waals surface area contributed by atoms with Gasteiger partial charge in [-0.3, -0.25) is 4.98 Å². The van der Waals surface area contributed by atoms with Crippen LogP contribution in [0.5, 0.6) is 0 Å². The van der Waals surface area contributed by atoms with Crippen molar-refractivity contribution in [2.45, 2.75) is 25.7 Å². The number of nitrogens with one attached hydrogen (secondary N) is 1. The lowest BCUT2D eigenvalue weighted by atomic mass is 10.2. The molecule has 3 nitrogen and oxygen atoms in total. The molecule has 2 heterocycles. The lowest BCUT2D eigenvalue weighted by molar-refractivity contribution is 1.02. The Kier molecular flexibility index (Phi) is 3.04. The zero-order valence-electron chi connectivity index (χ0n) is 10.2. The van der Waals surface area contributed by atoms with Gasteiger partial charge in [0.2, 0.25) is 0 Å². The highest BCUT2D eigenvalue weighted by molar-refractivity contribution is 9.10. The van der Waals surface area contributed by atoms with Crippen LogP contribution in [0.3, 0.4) is 0 Å². The van der Waals surface area contributed by atoms with Gasteiger partial charge in [-0.15, -0.1) is 0 Å². The van der Waals surface area contributed by atoms with Crippen molar-refractivity contribution in [1.29, 1.82) is 0 Å². The van der Waals surface area contributed by atoms with Gasteiger partial charge < -0.3 is 5.32 Å². The van der Waals surface area contributed by atoms with Crippen molar-refractivity contribution < 1.29 is 0 Å². The molecule has 2 aromatic heterocycles. The quantitative estimate of drug-likeness (QED) is 0.925. The molecule has 4 heteroatoms. The number of aromatic nitrogens is 2. The number of pyridine rings is 2. The van der Waals surface area contributed by atoms with Gasteiger partial charge in [0.25, 0.3) is 0 Å². The molecule has 0 unspecified atom stereocenters. The Labute approximate surface area is 115 Å². The SMILES string of the molecule is Cc1cc(Nc2ccc(C3CC3)nc2)ncc1Br. The normalized spacial score (nSPS) is 14.6. The molecule has 92 valence electrons. The molecule has 0 saturated heterocycles. The van der Waals surface area contributed by atoms with E-state index in [4.69, 9.17) is 0 Å². The molecule has 18 heavy (non-hydrogen) atoms. The standard InChI is InChI=1S/C14H14BrN3/c1-9-6-14(17-8-12(9)15)18-11-4-5-13(16-7-11)10-2-3-10/h4-8,10H,2-3H2,1H3,(H,17,18). The smallest absolute Gasteiger partial charge is 0.130 e. The van der Waals surface area contributed by atoms with Crippen molar-refractivity contribution in [1.82, 2.24) is 9.97 Å². The first-order valence-corrected chi connectivity index (χ1v) is 6.87. The second kappa shape index (κ2) is 4.69. The molecular weight excluding hydrogens is 290 g/mol.